The maximum atomic E-state index is 13.3. The molecule has 0 atom stereocenters. The minimum Gasteiger partial charge on any atom is -0.351 e. The van der Waals surface area contributed by atoms with E-state index in [1.807, 2.05) is 48.5 Å². The summed E-state index contributed by atoms with van der Waals surface area (Å²) in [5.74, 6) is -0.507. The molecule has 2 aromatic heterocycles. The van der Waals surface area contributed by atoms with Gasteiger partial charge in [0.2, 0.25) is 0 Å². The monoisotopic (exact) mass is 452 g/mol. The van der Waals surface area contributed by atoms with E-state index in [4.69, 9.17) is 0 Å². The highest BCUT2D eigenvalue weighted by molar-refractivity contribution is 7.07. The van der Waals surface area contributed by atoms with Gasteiger partial charge in [-0.1, -0.05) is 54.6 Å². The normalized spacial score (nSPS) is 12.2. The Kier molecular flexibility index (Phi) is 6.88. The molecule has 7 heteroatoms. The fourth-order valence-corrected chi connectivity index (χ4v) is 4.43. The first-order valence-corrected chi connectivity index (χ1v) is 11.1. The third-order valence-corrected chi connectivity index (χ3v) is 6.01. The predicted molar refractivity (Wildman–Crippen MR) is 129 cm³/mol. The Balaban J connectivity index is 1.79. The molecule has 0 saturated carbocycles. The van der Waals surface area contributed by atoms with Gasteiger partial charge in [-0.25, -0.2) is 0 Å². The number of para-hydroxylation sites is 1. The minimum atomic E-state index is -0.507. The minimum absolute atomic E-state index is 0.0974. The van der Waals surface area contributed by atoms with Gasteiger partial charge in [-0.15, -0.1) is 11.3 Å². The number of pyridine rings is 1. The first-order chi connectivity index (χ1) is 16.2. The van der Waals surface area contributed by atoms with Crippen molar-refractivity contribution >= 4 is 28.9 Å². The van der Waals surface area contributed by atoms with E-state index in [2.05, 4.69) is 10.3 Å². The number of carbonyl (C=O) groups excluding carboxylic acids is 1. The lowest BCUT2D eigenvalue weighted by Gasteiger charge is -2.06. The fraction of sp³-hybridized carbons (Fsp3) is 0.0769. The maximum Gasteiger partial charge on any atom is 0.273 e. The van der Waals surface area contributed by atoms with Crippen molar-refractivity contribution in [2.24, 2.45) is 0 Å². The molecule has 0 aliphatic heterocycles. The Morgan fingerprint density at radius 3 is 2.45 bits per heavy atom. The van der Waals surface area contributed by atoms with Crippen LogP contribution in [0.2, 0.25) is 0 Å². The molecule has 0 radical (unpaired) electrons. The van der Waals surface area contributed by atoms with Gasteiger partial charge in [0, 0.05) is 18.9 Å². The lowest BCUT2D eigenvalue weighted by Crippen LogP contribution is -2.34. The summed E-state index contributed by atoms with van der Waals surface area (Å²) >= 11 is 1.11. The smallest absolute Gasteiger partial charge is 0.273 e. The molecule has 2 heterocycles. The van der Waals surface area contributed by atoms with Crippen molar-refractivity contribution in [2.75, 3.05) is 6.54 Å². The zero-order chi connectivity index (χ0) is 23.0. The number of nitriles is 1. The van der Waals surface area contributed by atoms with Crippen LogP contribution in [0.5, 0.6) is 0 Å². The first-order valence-electron chi connectivity index (χ1n) is 10.3. The number of thiazole rings is 1. The van der Waals surface area contributed by atoms with Crippen molar-refractivity contribution in [3.8, 4) is 11.8 Å². The summed E-state index contributed by atoms with van der Waals surface area (Å²) in [6.45, 7) is 0.379. The maximum absolute atomic E-state index is 13.3. The number of amides is 1. The molecule has 0 aliphatic rings. The van der Waals surface area contributed by atoms with Crippen LogP contribution in [0.4, 0.5) is 0 Å². The third kappa shape index (κ3) is 5.14. The van der Waals surface area contributed by atoms with Crippen molar-refractivity contribution in [1.82, 2.24) is 14.9 Å². The van der Waals surface area contributed by atoms with Gasteiger partial charge < -0.3 is 5.32 Å². The number of nitrogens with zero attached hydrogens (tertiary/aromatic N) is 3. The van der Waals surface area contributed by atoms with Crippen LogP contribution in [-0.4, -0.2) is 22.0 Å². The number of carbonyl (C=O) groups is 1. The zero-order valence-corrected chi connectivity index (χ0v) is 18.5. The molecule has 0 aliphatic carbocycles. The molecule has 6 nitrogen and oxygen atoms in total. The van der Waals surface area contributed by atoms with Gasteiger partial charge in [0.1, 0.15) is 10.7 Å². The third-order valence-electron chi connectivity index (χ3n) is 4.91. The first kappa shape index (κ1) is 21.9. The van der Waals surface area contributed by atoms with Crippen molar-refractivity contribution in [2.45, 2.75) is 6.42 Å². The summed E-state index contributed by atoms with van der Waals surface area (Å²) in [4.78, 5) is 30.3. The number of nitrogens with one attached hydrogen (secondary N) is 1. The Bertz CT molecular complexity index is 1470. The van der Waals surface area contributed by atoms with Crippen LogP contribution >= 0.6 is 11.3 Å². The summed E-state index contributed by atoms with van der Waals surface area (Å²) in [6.07, 6.45) is 5.66. The summed E-state index contributed by atoms with van der Waals surface area (Å²) in [5.41, 5.74) is 2.04. The van der Waals surface area contributed by atoms with Crippen molar-refractivity contribution in [1.29, 1.82) is 5.26 Å². The molecule has 1 N–H and O–H groups in total. The van der Waals surface area contributed by atoms with E-state index in [-0.39, 0.29) is 11.1 Å². The van der Waals surface area contributed by atoms with Crippen LogP contribution in [0.1, 0.15) is 11.1 Å². The van der Waals surface area contributed by atoms with Crippen LogP contribution < -0.4 is 20.1 Å². The summed E-state index contributed by atoms with van der Waals surface area (Å²) in [5, 5.41) is 12.7. The number of hydrogen-bond donors (Lipinski definition) is 1. The Morgan fingerprint density at radius 1 is 1.06 bits per heavy atom. The molecular weight excluding hydrogens is 432 g/mol. The van der Waals surface area contributed by atoms with E-state index in [9.17, 15) is 14.9 Å². The van der Waals surface area contributed by atoms with Gasteiger partial charge in [0.25, 0.3) is 11.5 Å². The van der Waals surface area contributed by atoms with Gasteiger partial charge in [0.15, 0.2) is 5.57 Å². The quantitative estimate of drug-likeness (QED) is 0.486. The predicted octanol–water partition coefficient (Wildman–Crippen LogP) is 2.16. The van der Waals surface area contributed by atoms with Crippen LogP contribution in [0.3, 0.4) is 0 Å². The summed E-state index contributed by atoms with van der Waals surface area (Å²) in [7, 11) is 0. The van der Waals surface area contributed by atoms with Gasteiger partial charge >= 0.3 is 0 Å². The van der Waals surface area contributed by atoms with Crippen molar-refractivity contribution in [3.05, 3.63) is 116 Å². The number of aromatic nitrogens is 2. The lowest BCUT2D eigenvalue weighted by atomic mass is 10.1. The van der Waals surface area contributed by atoms with Gasteiger partial charge in [-0.05, 0) is 41.8 Å². The number of rotatable bonds is 6. The Morgan fingerprint density at radius 2 is 1.79 bits per heavy atom. The highest BCUT2D eigenvalue weighted by Gasteiger charge is 2.16. The number of hydrogen-bond acceptors (Lipinski definition) is 5. The largest absolute Gasteiger partial charge is 0.351 e. The van der Waals surface area contributed by atoms with E-state index < -0.39 is 5.91 Å². The van der Waals surface area contributed by atoms with E-state index >= 15 is 0 Å². The molecule has 33 heavy (non-hydrogen) atoms. The molecule has 2 aromatic carbocycles. The van der Waals surface area contributed by atoms with Gasteiger partial charge in [-0.3, -0.25) is 19.1 Å². The molecule has 0 unspecified atom stereocenters. The van der Waals surface area contributed by atoms with Crippen LogP contribution in [-0.2, 0) is 11.2 Å². The molecule has 0 spiro atoms. The molecule has 0 bridgehead atoms. The topological polar surface area (TPSA) is 87.8 Å². The molecule has 162 valence electrons. The second-order valence-corrected chi connectivity index (χ2v) is 8.19. The molecule has 0 fully saturated rings. The average Bonchev–Trinajstić information content (AvgIpc) is 3.16. The SMILES string of the molecule is N#C/C(C(=O)NCCc1ccccc1)=c1/s/c(=C/c2cccnc2)c(=O)n1-c1ccccc1. The highest BCUT2D eigenvalue weighted by Crippen LogP contribution is 2.04. The summed E-state index contributed by atoms with van der Waals surface area (Å²) < 4.78 is 2.12. The standard InChI is InChI=1S/C26H20N4O2S/c27-17-22(24(31)29-15-13-19-8-3-1-4-9-19)26-30(21-11-5-2-6-12-21)25(32)23(33-26)16-20-10-7-14-28-18-20/h1-12,14,16,18H,13,15H2,(H,29,31)/b23-16+,26-22-. The van der Waals surface area contributed by atoms with Gasteiger partial charge in [-0.2, -0.15) is 5.26 Å². The van der Waals surface area contributed by atoms with Crippen LogP contribution in [0.25, 0.3) is 17.3 Å². The Labute approximate surface area is 194 Å². The summed E-state index contributed by atoms with van der Waals surface area (Å²) in [6, 6.07) is 24.4. The average molecular weight is 453 g/mol. The number of benzene rings is 2. The second kappa shape index (κ2) is 10.4. The van der Waals surface area contributed by atoms with E-state index in [0.29, 0.717) is 27.8 Å². The van der Waals surface area contributed by atoms with Gasteiger partial charge in [0.05, 0.1) is 10.2 Å². The van der Waals surface area contributed by atoms with E-state index in [1.165, 1.54) is 4.57 Å². The van der Waals surface area contributed by atoms with Crippen molar-refractivity contribution in [3.63, 3.8) is 0 Å². The lowest BCUT2D eigenvalue weighted by molar-refractivity contribution is -0.115. The Hall–Kier alpha value is -4.28. The van der Waals surface area contributed by atoms with E-state index in [1.54, 1.807) is 48.8 Å². The molecule has 4 rings (SSSR count). The molecular formula is C26H20N4O2S. The van der Waals surface area contributed by atoms with Crippen LogP contribution in [0.15, 0.2) is 90.0 Å². The second-order valence-electron chi connectivity index (χ2n) is 7.16. The molecule has 0 saturated heterocycles. The molecule has 1 amide bonds. The highest BCUT2D eigenvalue weighted by atomic mass is 32.1. The zero-order valence-electron chi connectivity index (χ0n) is 17.6. The van der Waals surface area contributed by atoms with Crippen molar-refractivity contribution < 1.29 is 4.79 Å². The fourth-order valence-electron chi connectivity index (χ4n) is 3.32. The van der Waals surface area contributed by atoms with Crippen LogP contribution in [0, 0.1) is 11.3 Å². The van der Waals surface area contributed by atoms with E-state index in [0.717, 1.165) is 22.5 Å². The molecule has 4 aromatic rings.